The summed E-state index contributed by atoms with van der Waals surface area (Å²) in [4.78, 5) is 12.2. The van der Waals surface area contributed by atoms with Crippen LogP contribution >= 0.6 is 0 Å². The van der Waals surface area contributed by atoms with Crippen molar-refractivity contribution in [3.05, 3.63) is 35.4 Å². The van der Waals surface area contributed by atoms with Gasteiger partial charge in [-0.25, -0.2) is 0 Å². The Balaban J connectivity index is 1.87. The van der Waals surface area contributed by atoms with Crippen molar-refractivity contribution >= 4 is 5.78 Å². The fourth-order valence-electron chi connectivity index (χ4n) is 2.37. The third-order valence-electron chi connectivity index (χ3n) is 3.71. The van der Waals surface area contributed by atoms with Crippen LogP contribution in [-0.4, -0.2) is 32.7 Å². The largest absolute Gasteiger partial charge is 0.382 e. The number of carbonyl (C=O) groups excluding carboxylic acids is 1. The third kappa shape index (κ3) is 3.88. The third-order valence-corrected chi connectivity index (χ3v) is 3.71. The molecule has 19 heavy (non-hydrogen) atoms. The van der Waals surface area contributed by atoms with E-state index in [0.29, 0.717) is 32.2 Å². The van der Waals surface area contributed by atoms with Crippen LogP contribution in [0.5, 0.6) is 0 Å². The smallest absolute Gasteiger partial charge is 0.165 e. The van der Waals surface area contributed by atoms with E-state index in [1.54, 1.807) is 7.11 Å². The monoisotopic (exact) mass is 262 g/mol. The number of hydrogen-bond acceptors (Lipinski definition) is 3. The Morgan fingerprint density at radius 3 is 2.68 bits per heavy atom. The lowest BCUT2D eigenvalue weighted by molar-refractivity contribution is 0.0640. The van der Waals surface area contributed by atoms with Gasteiger partial charge >= 0.3 is 0 Å². The van der Waals surface area contributed by atoms with Crippen LogP contribution in [0.25, 0.3) is 0 Å². The molecule has 1 aromatic rings. The molecule has 0 radical (unpaired) electrons. The molecule has 1 aliphatic carbocycles. The first-order chi connectivity index (χ1) is 9.33. The molecule has 1 saturated carbocycles. The van der Waals surface area contributed by atoms with Crippen molar-refractivity contribution in [1.29, 1.82) is 0 Å². The second-order valence-corrected chi connectivity index (χ2v) is 4.99. The Kier molecular flexibility index (Phi) is 5.55. The summed E-state index contributed by atoms with van der Waals surface area (Å²) in [6.45, 7) is 1.60. The van der Waals surface area contributed by atoms with Crippen molar-refractivity contribution in [1.82, 2.24) is 0 Å². The summed E-state index contributed by atoms with van der Waals surface area (Å²) in [5, 5.41) is 0. The summed E-state index contributed by atoms with van der Waals surface area (Å²) >= 11 is 0. The first-order valence-electron chi connectivity index (χ1n) is 7.01. The average molecular weight is 262 g/mol. The van der Waals surface area contributed by atoms with Crippen LogP contribution in [0.1, 0.15) is 47.5 Å². The molecule has 0 atom stereocenters. The normalized spacial score (nSPS) is 15.2. The second kappa shape index (κ2) is 7.41. The maximum Gasteiger partial charge on any atom is 0.165 e. The molecule has 0 aliphatic heterocycles. The van der Waals surface area contributed by atoms with Crippen LogP contribution < -0.4 is 0 Å². The van der Waals surface area contributed by atoms with Gasteiger partial charge in [-0.3, -0.25) is 4.79 Å². The van der Waals surface area contributed by atoms with Crippen LogP contribution in [0.15, 0.2) is 24.3 Å². The molecule has 1 fully saturated rings. The highest BCUT2D eigenvalue weighted by atomic mass is 16.5. The molecule has 1 aliphatic rings. The Labute approximate surface area is 114 Å². The Morgan fingerprint density at radius 1 is 1.21 bits per heavy atom. The second-order valence-electron chi connectivity index (χ2n) is 4.99. The zero-order chi connectivity index (χ0) is 13.5. The highest BCUT2D eigenvalue weighted by Crippen LogP contribution is 2.38. The number of methoxy groups -OCH3 is 1. The minimum Gasteiger partial charge on any atom is -0.382 e. The molecule has 0 saturated heterocycles. The maximum atomic E-state index is 12.2. The van der Waals surface area contributed by atoms with E-state index in [4.69, 9.17) is 9.47 Å². The van der Waals surface area contributed by atoms with Crippen LogP contribution in [-0.2, 0) is 9.47 Å². The standard InChI is InChI=1S/C16H22O3/c1-18-11-12-19-10-9-16(17)15-8-3-2-7-14(15)13-5-4-6-13/h2-3,7-8,13H,4-6,9-12H2,1H3. The van der Waals surface area contributed by atoms with Crippen LogP contribution in [0.4, 0.5) is 0 Å². The summed E-state index contributed by atoms with van der Waals surface area (Å²) in [7, 11) is 1.64. The van der Waals surface area contributed by atoms with Gasteiger partial charge in [-0.2, -0.15) is 0 Å². The van der Waals surface area contributed by atoms with E-state index >= 15 is 0 Å². The maximum absolute atomic E-state index is 12.2. The van der Waals surface area contributed by atoms with Crippen molar-refractivity contribution in [3.63, 3.8) is 0 Å². The van der Waals surface area contributed by atoms with Gasteiger partial charge in [0.1, 0.15) is 0 Å². The first-order valence-corrected chi connectivity index (χ1v) is 7.01. The molecule has 1 aromatic carbocycles. The van der Waals surface area contributed by atoms with Gasteiger partial charge in [0, 0.05) is 19.1 Å². The van der Waals surface area contributed by atoms with E-state index < -0.39 is 0 Å². The summed E-state index contributed by atoms with van der Waals surface area (Å²) in [6, 6.07) is 8.02. The molecule has 3 nitrogen and oxygen atoms in total. The van der Waals surface area contributed by atoms with Crippen molar-refractivity contribution < 1.29 is 14.3 Å². The lowest BCUT2D eigenvalue weighted by Gasteiger charge is -2.27. The van der Waals surface area contributed by atoms with Crippen LogP contribution in [0.3, 0.4) is 0 Å². The molecule has 0 amide bonds. The summed E-state index contributed by atoms with van der Waals surface area (Å²) in [5.74, 6) is 0.787. The van der Waals surface area contributed by atoms with E-state index in [9.17, 15) is 4.79 Å². The van der Waals surface area contributed by atoms with Gasteiger partial charge in [-0.05, 0) is 24.3 Å². The lowest BCUT2D eigenvalue weighted by atomic mass is 9.77. The molecule has 0 unspecified atom stereocenters. The fraction of sp³-hybridized carbons (Fsp3) is 0.562. The van der Waals surface area contributed by atoms with Gasteiger partial charge < -0.3 is 9.47 Å². The fourth-order valence-corrected chi connectivity index (χ4v) is 2.37. The van der Waals surface area contributed by atoms with Crippen molar-refractivity contribution in [2.24, 2.45) is 0 Å². The van der Waals surface area contributed by atoms with Crippen molar-refractivity contribution in [2.45, 2.75) is 31.6 Å². The number of rotatable bonds is 8. The molecule has 0 N–H and O–H groups in total. The zero-order valence-electron chi connectivity index (χ0n) is 11.6. The van der Waals surface area contributed by atoms with E-state index in [0.717, 1.165) is 5.56 Å². The molecule has 0 bridgehead atoms. The van der Waals surface area contributed by atoms with Gasteiger partial charge in [0.15, 0.2) is 5.78 Å². The number of ketones is 1. The highest BCUT2D eigenvalue weighted by Gasteiger charge is 2.23. The number of hydrogen-bond donors (Lipinski definition) is 0. The quantitative estimate of drug-likeness (QED) is 0.533. The number of carbonyl (C=O) groups is 1. The molecule has 3 heteroatoms. The van der Waals surface area contributed by atoms with Crippen molar-refractivity contribution in [3.8, 4) is 0 Å². The predicted octanol–water partition coefficient (Wildman–Crippen LogP) is 3.19. The molecular weight excluding hydrogens is 240 g/mol. The molecule has 0 spiro atoms. The minimum absolute atomic E-state index is 0.194. The summed E-state index contributed by atoms with van der Waals surface area (Å²) < 4.78 is 10.3. The van der Waals surface area contributed by atoms with Gasteiger partial charge in [0.2, 0.25) is 0 Å². The topological polar surface area (TPSA) is 35.5 Å². The van der Waals surface area contributed by atoms with E-state index in [2.05, 4.69) is 6.07 Å². The SMILES string of the molecule is COCCOCCC(=O)c1ccccc1C1CCC1. The van der Waals surface area contributed by atoms with E-state index in [1.807, 2.05) is 18.2 Å². The van der Waals surface area contributed by atoms with Crippen molar-refractivity contribution in [2.75, 3.05) is 26.9 Å². The van der Waals surface area contributed by atoms with E-state index in [-0.39, 0.29) is 5.78 Å². The molecular formula is C16H22O3. The molecule has 2 rings (SSSR count). The Bertz CT molecular complexity index is 410. The van der Waals surface area contributed by atoms with Crippen LogP contribution in [0.2, 0.25) is 0 Å². The van der Waals surface area contributed by atoms with Crippen LogP contribution in [0, 0.1) is 0 Å². The Morgan fingerprint density at radius 2 is 2.00 bits per heavy atom. The first kappa shape index (κ1) is 14.2. The van der Waals surface area contributed by atoms with E-state index in [1.165, 1.54) is 24.8 Å². The number of ether oxygens (including phenoxy) is 2. The lowest BCUT2D eigenvalue weighted by Crippen LogP contribution is -2.15. The predicted molar refractivity (Wildman–Crippen MR) is 74.7 cm³/mol. The van der Waals surface area contributed by atoms with Gasteiger partial charge in [0.05, 0.1) is 19.8 Å². The van der Waals surface area contributed by atoms with Gasteiger partial charge in [-0.15, -0.1) is 0 Å². The molecule has 104 valence electrons. The average Bonchev–Trinajstić information content (AvgIpc) is 2.37. The molecule has 0 heterocycles. The highest BCUT2D eigenvalue weighted by molar-refractivity contribution is 5.97. The molecule has 0 aromatic heterocycles. The Hall–Kier alpha value is -1.19. The number of Topliss-reactive ketones (excluding diaryl/α,β-unsaturated/α-hetero) is 1. The summed E-state index contributed by atoms with van der Waals surface area (Å²) in [5.41, 5.74) is 2.12. The van der Waals surface area contributed by atoms with Gasteiger partial charge in [0.25, 0.3) is 0 Å². The summed E-state index contributed by atoms with van der Waals surface area (Å²) in [6.07, 6.45) is 4.17. The van der Waals surface area contributed by atoms with Gasteiger partial charge in [-0.1, -0.05) is 30.7 Å². The number of benzene rings is 1. The zero-order valence-corrected chi connectivity index (χ0v) is 11.6. The minimum atomic E-state index is 0.194.